The maximum Gasteiger partial charge on any atom is 0.384 e. The first-order valence-corrected chi connectivity index (χ1v) is 4.18. The van der Waals surface area contributed by atoms with Crippen LogP contribution >= 0.6 is 0 Å². The summed E-state index contributed by atoms with van der Waals surface area (Å²) in [5.41, 5.74) is 0.627. The molecule has 0 aliphatic carbocycles. The minimum absolute atomic E-state index is 0.549. The van der Waals surface area contributed by atoms with E-state index in [1.54, 1.807) is 24.3 Å². The van der Waals surface area contributed by atoms with Crippen molar-refractivity contribution in [2.24, 2.45) is 0 Å². The predicted octanol–water partition coefficient (Wildman–Crippen LogP) is 0.801. The summed E-state index contributed by atoms with van der Waals surface area (Å²) in [5.74, 6) is 2.85. The number of ether oxygens (including phenoxy) is 1. The fraction of sp³-hybridized carbons (Fsp3) is 0.0909. The molecule has 1 amide bonds. The summed E-state index contributed by atoms with van der Waals surface area (Å²) < 4.78 is 4.26. The molecule has 0 heterocycles. The summed E-state index contributed by atoms with van der Waals surface area (Å²) in [6.07, 6.45) is 0. The zero-order valence-electron chi connectivity index (χ0n) is 8.11. The summed E-state index contributed by atoms with van der Waals surface area (Å²) in [6.45, 7) is 0. The molecule has 0 spiro atoms. The minimum Gasteiger partial charge on any atom is -0.459 e. The maximum absolute atomic E-state index is 11.1. The molecule has 76 valence electrons. The third kappa shape index (κ3) is 3.96. The number of benzene rings is 1. The van der Waals surface area contributed by atoms with Crippen molar-refractivity contribution in [1.29, 1.82) is 0 Å². The third-order valence-corrected chi connectivity index (χ3v) is 1.50. The van der Waals surface area contributed by atoms with Crippen molar-refractivity contribution in [2.75, 3.05) is 12.4 Å². The van der Waals surface area contributed by atoms with Gasteiger partial charge in [-0.2, -0.15) is 0 Å². The van der Waals surface area contributed by atoms with E-state index in [0.29, 0.717) is 5.69 Å². The van der Waals surface area contributed by atoms with E-state index >= 15 is 0 Å². The summed E-state index contributed by atoms with van der Waals surface area (Å²) in [6, 6.07) is 8.83. The van der Waals surface area contributed by atoms with Crippen LogP contribution in [0.3, 0.4) is 0 Å². The molecule has 0 aliphatic heterocycles. The zero-order valence-corrected chi connectivity index (χ0v) is 8.11. The zero-order chi connectivity index (χ0) is 11.1. The molecule has 4 nitrogen and oxygen atoms in total. The number of carbonyl (C=O) groups excluding carboxylic acids is 2. The van der Waals surface area contributed by atoms with Crippen LogP contribution in [0, 0.1) is 11.8 Å². The standard InChI is InChI=1S/C11H9NO3/c1-15-11(14)8-7-10(13)12-9-5-3-2-4-6-9/h2-6H,1H3,(H,12,13). The van der Waals surface area contributed by atoms with Crippen molar-refractivity contribution in [3.8, 4) is 11.8 Å². The number of hydrogen-bond acceptors (Lipinski definition) is 3. The van der Waals surface area contributed by atoms with Crippen molar-refractivity contribution in [1.82, 2.24) is 0 Å². The van der Waals surface area contributed by atoms with Crippen LogP contribution in [0.1, 0.15) is 0 Å². The van der Waals surface area contributed by atoms with Crippen LogP contribution in [-0.4, -0.2) is 19.0 Å². The Bertz CT molecular complexity index is 414. The molecule has 0 saturated carbocycles. The Morgan fingerprint density at radius 3 is 2.47 bits per heavy atom. The Kier molecular flexibility index (Phi) is 3.92. The predicted molar refractivity (Wildman–Crippen MR) is 54.9 cm³/mol. The number of amides is 1. The number of nitrogens with one attached hydrogen (secondary N) is 1. The van der Waals surface area contributed by atoms with Gasteiger partial charge in [0.25, 0.3) is 0 Å². The second-order valence-corrected chi connectivity index (χ2v) is 2.56. The van der Waals surface area contributed by atoms with Gasteiger partial charge in [-0.25, -0.2) is 4.79 Å². The summed E-state index contributed by atoms with van der Waals surface area (Å²) in [5, 5.41) is 2.50. The van der Waals surface area contributed by atoms with Crippen LogP contribution in [0.2, 0.25) is 0 Å². The molecule has 1 aromatic carbocycles. The first kappa shape index (κ1) is 10.8. The lowest BCUT2D eigenvalue weighted by atomic mass is 10.3. The van der Waals surface area contributed by atoms with Crippen LogP contribution in [0.15, 0.2) is 30.3 Å². The van der Waals surface area contributed by atoms with E-state index in [9.17, 15) is 9.59 Å². The largest absolute Gasteiger partial charge is 0.459 e. The molecule has 4 heteroatoms. The normalized spacial score (nSPS) is 8.33. The van der Waals surface area contributed by atoms with E-state index in [1.165, 1.54) is 7.11 Å². The van der Waals surface area contributed by atoms with Gasteiger partial charge >= 0.3 is 11.9 Å². The average Bonchev–Trinajstić information content (AvgIpc) is 2.27. The summed E-state index contributed by atoms with van der Waals surface area (Å²) in [7, 11) is 1.20. The van der Waals surface area contributed by atoms with Gasteiger partial charge < -0.3 is 10.1 Å². The molecule has 0 aliphatic rings. The van der Waals surface area contributed by atoms with Crippen LogP contribution in [-0.2, 0) is 14.3 Å². The smallest absolute Gasteiger partial charge is 0.384 e. The average molecular weight is 203 g/mol. The first-order valence-electron chi connectivity index (χ1n) is 4.18. The lowest BCUT2D eigenvalue weighted by Gasteiger charge is -1.98. The van der Waals surface area contributed by atoms with Crippen molar-refractivity contribution in [3.05, 3.63) is 30.3 Å². The Morgan fingerprint density at radius 1 is 1.20 bits per heavy atom. The lowest BCUT2D eigenvalue weighted by Crippen LogP contribution is -2.09. The first-order chi connectivity index (χ1) is 7.22. The summed E-state index contributed by atoms with van der Waals surface area (Å²) in [4.78, 5) is 21.7. The highest BCUT2D eigenvalue weighted by Gasteiger charge is 1.97. The fourth-order valence-corrected chi connectivity index (χ4v) is 0.843. The maximum atomic E-state index is 11.1. The van der Waals surface area contributed by atoms with Crippen molar-refractivity contribution < 1.29 is 14.3 Å². The Hall–Kier alpha value is -2.28. The van der Waals surface area contributed by atoms with E-state index < -0.39 is 11.9 Å². The van der Waals surface area contributed by atoms with Crippen molar-refractivity contribution >= 4 is 17.6 Å². The van der Waals surface area contributed by atoms with E-state index in [1.807, 2.05) is 12.0 Å². The SMILES string of the molecule is COC(=O)C#CC(=O)Nc1ccccc1. The highest BCUT2D eigenvalue weighted by Crippen LogP contribution is 2.03. The number of hydrogen-bond donors (Lipinski definition) is 1. The van der Waals surface area contributed by atoms with Gasteiger partial charge in [0.2, 0.25) is 0 Å². The van der Waals surface area contributed by atoms with Crippen LogP contribution in [0.4, 0.5) is 5.69 Å². The number of rotatable bonds is 1. The molecule has 0 fully saturated rings. The van der Waals surface area contributed by atoms with Crippen LogP contribution in [0.5, 0.6) is 0 Å². The molecule has 0 bridgehead atoms. The van der Waals surface area contributed by atoms with E-state index in [0.717, 1.165) is 0 Å². The molecule has 1 aromatic rings. The van der Waals surface area contributed by atoms with E-state index in [2.05, 4.69) is 16.0 Å². The molecular formula is C11H9NO3. The van der Waals surface area contributed by atoms with Gasteiger partial charge in [0.05, 0.1) is 7.11 Å². The van der Waals surface area contributed by atoms with Crippen molar-refractivity contribution in [3.63, 3.8) is 0 Å². The molecule has 0 radical (unpaired) electrons. The number of carbonyl (C=O) groups is 2. The molecule has 1 rings (SSSR count). The highest BCUT2D eigenvalue weighted by molar-refractivity contribution is 6.07. The second kappa shape index (κ2) is 5.45. The molecule has 15 heavy (non-hydrogen) atoms. The summed E-state index contributed by atoms with van der Waals surface area (Å²) >= 11 is 0. The van der Waals surface area contributed by atoms with Gasteiger partial charge in [-0.05, 0) is 12.1 Å². The molecule has 1 N–H and O–H groups in total. The third-order valence-electron chi connectivity index (χ3n) is 1.50. The van der Waals surface area contributed by atoms with Crippen LogP contribution in [0.25, 0.3) is 0 Å². The second-order valence-electron chi connectivity index (χ2n) is 2.56. The van der Waals surface area contributed by atoms with Crippen molar-refractivity contribution in [2.45, 2.75) is 0 Å². The quantitative estimate of drug-likeness (QED) is 0.417. The van der Waals surface area contributed by atoms with Gasteiger partial charge in [0.15, 0.2) is 0 Å². The van der Waals surface area contributed by atoms with Gasteiger partial charge in [-0.3, -0.25) is 4.79 Å². The number of esters is 1. The molecule has 0 aromatic heterocycles. The Labute approximate surface area is 87.2 Å². The van der Waals surface area contributed by atoms with Gasteiger partial charge in [0, 0.05) is 17.5 Å². The molecular weight excluding hydrogens is 194 g/mol. The molecule has 0 atom stereocenters. The van der Waals surface area contributed by atoms with E-state index in [4.69, 9.17) is 0 Å². The lowest BCUT2D eigenvalue weighted by molar-refractivity contribution is -0.133. The van der Waals surface area contributed by atoms with Gasteiger partial charge in [-0.1, -0.05) is 18.2 Å². The number of methoxy groups -OCH3 is 1. The topological polar surface area (TPSA) is 55.4 Å². The Morgan fingerprint density at radius 2 is 1.87 bits per heavy atom. The van der Waals surface area contributed by atoms with E-state index in [-0.39, 0.29) is 0 Å². The molecule has 0 saturated heterocycles. The monoisotopic (exact) mass is 203 g/mol. The van der Waals surface area contributed by atoms with Gasteiger partial charge in [-0.15, -0.1) is 0 Å². The fourth-order valence-electron chi connectivity index (χ4n) is 0.843. The Balaban J connectivity index is 2.56. The number of para-hydroxylation sites is 1. The van der Waals surface area contributed by atoms with Crippen LogP contribution < -0.4 is 5.32 Å². The number of anilines is 1. The highest BCUT2D eigenvalue weighted by atomic mass is 16.5. The van der Waals surface area contributed by atoms with Gasteiger partial charge in [0.1, 0.15) is 0 Å². The molecule has 0 unspecified atom stereocenters. The minimum atomic E-state index is -0.738.